The maximum absolute atomic E-state index is 5.36. The van der Waals surface area contributed by atoms with Crippen LogP contribution in [0.15, 0.2) is 11.1 Å². The molecule has 0 aromatic heterocycles. The minimum atomic E-state index is 0.565. The Morgan fingerprint density at radius 2 is 2.44 bits per heavy atom. The average Bonchev–Trinajstić information content (AvgIpc) is 1.89. The molecule has 0 heterocycles. The molecule has 0 aliphatic heterocycles. The van der Waals surface area contributed by atoms with E-state index in [0.29, 0.717) is 19.8 Å². The average molecular weight is 150 g/mol. The van der Waals surface area contributed by atoms with Crippen molar-refractivity contribution in [2.75, 3.05) is 19.8 Å². The zero-order valence-electron chi connectivity index (χ0n) is 5.56. The highest BCUT2D eigenvalue weighted by atomic mass is 35.5. The van der Waals surface area contributed by atoms with Crippen LogP contribution >= 0.6 is 11.6 Å². The summed E-state index contributed by atoms with van der Waals surface area (Å²) in [5.74, 6) is 0. The van der Waals surface area contributed by atoms with Crippen LogP contribution in [0.3, 0.4) is 0 Å². The highest BCUT2D eigenvalue weighted by molar-refractivity contribution is 6.25. The van der Waals surface area contributed by atoms with Crippen LogP contribution in [0.5, 0.6) is 0 Å². The molecule has 0 radical (unpaired) electrons. The Morgan fingerprint density at radius 1 is 1.78 bits per heavy atom. The highest BCUT2D eigenvalue weighted by Gasteiger charge is 1.86. The third-order valence-electron chi connectivity index (χ3n) is 0.778. The summed E-state index contributed by atoms with van der Waals surface area (Å²) in [6.45, 7) is 3.65. The minimum absolute atomic E-state index is 0.565. The van der Waals surface area contributed by atoms with Crippen LogP contribution in [0.4, 0.5) is 0 Å². The van der Waals surface area contributed by atoms with Gasteiger partial charge in [0.05, 0.1) is 13.2 Å². The first-order valence-corrected chi connectivity index (χ1v) is 3.28. The molecule has 0 saturated carbocycles. The summed E-state index contributed by atoms with van der Waals surface area (Å²) in [5.41, 5.74) is 7.71. The predicted molar refractivity (Wildman–Crippen MR) is 39.5 cm³/mol. The van der Waals surface area contributed by atoms with E-state index in [4.69, 9.17) is 22.1 Å². The van der Waals surface area contributed by atoms with Gasteiger partial charge in [-0.15, -0.1) is 0 Å². The van der Waals surface area contributed by atoms with Gasteiger partial charge >= 0.3 is 0 Å². The predicted octanol–water partition coefficient (Wildman–Crippen LogP) is 1.10. The molecule has 0 amide bonds. The van der Waals surface area contributed by atoms with Gasteiger partial charge < -0.3 is 10.5 Å². The molecule has 0 unspecified atom stereocenters. The number of hydrogen-bond donors (Lipinski definition) is 1. The van der Waals surface area contributed by atoms with Gasteiger partial charge in [-0.3, -0.25) is 0 Å². The molecule has 0 fully saturated rings. The van der Waals surface area contributed by atoms with E-state index in [1.807, 2.05) is 6.92 Å². The molecule has 3 heteroatoms. The number of ether oxygens (including phenoxy) is 1. The van der Waals surface area contributed by atoms with E-state index in [-0.39, 0.29) is 0 Å². The van der Waals surface area contributed by atoms with E-state index >= 15 is 0 Å². The largest absolute Gasteiger partial charge is 0.376 e. The fourth-order valence-electron chi connectivity index (χ4n) is 0.348. The Balaban J connectivity index is 3.07. The van der Waals surface area contributed by atoms with Crippen LogP contribution in [0.25, 0.3) is 0 Å². The lowest BCUT2D eigenvalue weighted by Gasteiger charge is -1.99. The number of nitrogens with two attached hydrogens (primary N) is 1. The number of hydrogen-bond acceptors (Lipinski definition) is 2. The number of halogens is 1. The molecule has 0 aromatic rings. The monoisotopic (exact) mass is 149 g/mol. The molecule has 0 aliphatic rings. The molecule has 0 spiro atoms. The van der Waals surface area contributed by atoms with Crippen molar-refractivity contribution < 1.29 is 4.74 Å². The van der Waals surface area contributed by atoms with Gasteiger partial charge in [-0.2, -0.15) is 0 Å². The topological polar surface area (TPSA) is 35.2 Å². The second kappa shape index (κ2) is 6.08. The van der Waals surface area contributed by atoms with Crippen LogP contribution in [0, 0.1) is 0 Å². The molecule has 9 heavy (non-hydrogen) atoms. The molecule has 0 atom stereocenters. The van der Waals surface area contributed by atoms with Gasteiger partial charge in [-0.25, -0.2) is 0 Å². The van der Waals surface area contributed by atoms with Gasteiger partial charge in [0.25, 0.3) is 0 Å². The molecule has 0 rings (SSSR count). The first kappa shape index (κ1) is 8.95. The standard InChI is InChI=1S/C6H12ClNO/c1-6(4-7)5-9-3-2-8/h4H,2-3,5,8H2,1H3. The summed E-state index contributed by atoms with van der Waals surface area (Å²) < 4.78 is 5.06. The normalized spacial score (nSPS) is 12.1. The van der Waals surface area contributed by atoms with Crippen LogP contribution in [0.1, 0.15) is 6.92 Å². The molecule has 0 saturated heterocycles. The summed E-state index contributed by atoms with van der Waals surface area (Å²) in [7, 11) is 0. The van der Waals surface area contributed by atoms with Gasteiger partial charge in [-0.05, 0) is 12.5 Å². The van der Waals surface area contributed by atoms with Crippen molar-refractivity contribution in [3.63, 3.8) is 0 Å². The van der Waals surface area contributed by atoms with E-state index in [2.05, 4.69) is 0 Å². The summed E-state index contributed by atoms with van der Waals surface area (Å²) in [4.78, 5) is 0. The lowest BCUT2D eigenvalue weighted by Crippen LogP contribution is -2.09. The van der Waals surface area contributed by atoms with Crippen LogP contribution in [-0.2, 0) is 4.74 Å². The van der Waals surface area contributed by atoms with Crippen LogP contribution < -0.4 is 5.73 Å². The Morgan fingerprint density at radius 3 is 2.89 bits per heavy atom. The smallest absolute Gasteiger partial charge is 0.0686 e. The van der Waals surface area contributed by atoms with E-state index in [1.165, 1.54) is 5.54 Å². The van der Waals surface area contributed by atoms with Crippen molar-refractivity contribution in [1.29, 1.82) is 0 Å². The maximum atomic E-state index is 5.36. The molecule has 0 aromatic carbocycles. The molecule has 54 valence electrons. The molecule has 2 N–H and O–H groups in total. The summed E-state index contributed by atoms with van der Waals surface area (Å²) in [6, 6.07) is 0. The van der Waals surface area contributed by atoms with Crippen molar-refractivity contribution >= 4 is 11.6 Å². The van der Waals surface area contributed by atoms with Crippen molar-refractivity contribution in [1.82, 2.24) is 0 Å². The van der Waals surface area contributed by atoms with E-state index in [9.17, 15) is 0 Å². The summed E-state index contributed by atoms with van der Waals surface area (Å²) in [6.07, 6.45) is 0. The molecular weight excluding hydrogens is 138 g/mol. The zero-order valence-corrected chi connectivity index (χ0v) is 6.32. The fraction of sp³-hybridized carbons (Fsp3) is 0.667. The zero-order chi connectivity index (χ0) is 7.11. The third kappa shape index (κ3) is 5.83. The Labute approximate surface area is 60.6 Å². The van der Waals surface area contributed by atoms with Crippen molar-refractivity contribution in [2.45, 2.75) is 6.92 Å². The van der Waals surface area contributed by atoms with Gasteiger partial charge in [0.2, 0.25) is 0 Å². The number of rotatable bonds is 4. The van der Waals surface area contributed by atoms with E-state index in [1.54, 1.807) is 0 Å². The fourth-order valence-corrected chi connectivity index (χ4v) is 0.411. The van der Waals surface area contributed by atoms with Crippen LogP contribution in [-0.4, -0.2) is 19.8 Å². The van der Waals surface area contributed by atoms with Crippen molar-refractivity contribution in [2.24, 2.45) is 5.73 Å². The third-order valence-corrected chi connectivity index (χ3v) is 1.15. The Kier molecular flexibility index (Phi) is 6.04. The van der Waals surface area contributed by atoms with E-state index in [0.717, 1.165) is 5.57 Å². The first-order valence-electron chi connectivity index (χ1n) is 2.85. The van der Waals surface area contributed by atoms with Crippen LogP contribution in [0.2, 0.25) is 0 Å². The van der Waals surface area contributed by atoms with Gasteiger partial charge in [0, 0.05) is 12.1 Å². The summed E-state index contributed by atoms with van der Waals surface area (Å²) in [5, 5.41) is 0. The maximum Gasteiger partial charge on any atom is 0.0686 e. The quantitative estimate of drug-likeness (QED) is 0.608. The van der Waals surface area contributed by atoms with Crippen molar-refractivity contribution in [3.05, 3.63) is 11.1 Å². The molecular formula is C6H12ClNO. The first-order chi connectivity index (χ1) is 4.31. The summed E-state index contributed by atoms with van der Waals surface area (Å²) >= 11 is 5.36. The van der Waals surface area contributed by atoms with E-state index < -0.39 is 0 Å². The SMILES string of the molecule is CC(=CCl)COCCN. The second-order valence-corrected chi connectivity index (χ2v) is 2.01. The molecule has 2 nitrogen and oxygen atoms in total. The molecule has 0 bridgehead atoms. The Hall–Kier alpha value is -0.0500. The minimum Gasteiger partial charge on any atom is -0.376 e. The lowest BCUT2D eigenvalue weighted by molar-refractivity contribution is 0.164. The van der Waals surface area contributed by atoms with Gasteiger partial charge in [-0.1, -0.05) is 11.6 Å². The lowest BCUT2D eigenvalue weighted by atomic mass is 10.4. The Bertz CT molecular complexity index is 93.1. The van der Waals surface area contributed by atoms with Gasteiger partial charge in [0.1, 0.15) is 0 Å². The second-order valence-electron chi connectivity index (χ2n) is 1.80. The van der Waals surface area contributed by atoms with Crippen molar-refractivity contribution in [3.8, 4) is 0 Å². The highest BCUT2D eigenvalue weighted by Crippen LogP contribution is 1.94. The van der Waals surface area contributed by atoms with Gasteiger partial charge in [0.15, 0.2) is 0 Å². The molecule has 0 aliphatic carbocycles.